The van der Waals surface area contributed by atoms with Crippen molar-refractivity contribution in [3.63, 3.8) is 0 Å². The van der Waals surface area contributed by atoms with Crippen LogP contribution in [0.3, 0.4) is 0 Å². The van der Waals surface area contributed by atoms with E-state index in [1.165, 1.54) is 38.5 Å². The van der Waals surface area contributed by atoms with Gasteiger partial charge in [-0.25, -0.2) is 0 Å². The molecule has 0 aromatic carbocycles. The van der Waals surface area contributed by atoms with E-state index in [1.807, 2.05) is 0 Å². The zero-order chi connectivity index (χ0) is 16.3. The minimum Gasteiger partial charge on any atom is -0.347 e. The van der Waals surface area contributed by atoms with Crippen molar-refractivity contribution in [3.05, 3.63) is 0 Å². The Balaban J connectivity index is 4.38. The Morgan fingerprint density at radius 2 is 1.33 bits per heavy atom. The summed E-state index contributed by atoms with van der Waals surface area (Å²) in [5, 5.41) is 0. The fourth-order valence-electron chi connectivity index (χ4n) is 2.81. The van der Waals surface area contributed by atoms with Crippen LogP contribution in [0.2, 0.25) is 0 Å². The maximum atomic E-state index is 6.22. The van der Waals surface area contributed by atoms with E-state index in [0.29, 0.717) is 5.88 Å². The minimum absolute atomic E-state index is 0.143. The van der Waals surface area contributed by atoms with E-state index < -0.39 is 5.79 Å². The highest BCUT2D eigenvalue weighted by molar-refractivity contribution is 6.18. The molecular formula is C18H37ClO2. The van der Waals surface area contributed by atoms with Crippen molar-refractivity contribution in [3.8, 4) is 0 Å². The van der Waals surface area contributed by atoms with Gasteiger partial charge in [0.05, 0.1) is 12.2 Å². The van der Waals surface area contributed by atoms with Crippen LogP contribution < -0.4 is 0 Å². The Kier molecular flexibility index (Phi) is 11.9. The van der Waals surface area contributed by atoms with Crippen LogP contribution in [0, 0.1) is 5.92 Å². The molecule has 128 valence electrons. The van der Waals surface area contributed by atoms with Crippen molar-refractivity contribution in [2.75, 3.05) is 5.88 Å². The molecule has 0 radical (unpaired) electrons. The van der Waals surface area contributed by atoms with Gasteiger partial charge in [0, 0.05) is 11.8 Å². The molecule has 0 saturated heterocycles. The molecule has 0 aromatic heterocycles. The standard InChI is InChI=1S/C18H37ClO2/c1-7-8-9-10-11-12-13-17(14-19)18(6,20-15(2)3)21-16(4)5/h15-17H,7-14H2,1-6H3. The van der Waals surface area contributed by atoms with E-state index >= 15 is 0 Å². The zero-order valence-corrected chi connectivity index (χ0v) is 15.8. The fourth-order valence-corrected chi connectivity index (χ4v) is 3.24. The first-order valence-electron chi connectivity index (χ1n) is 8.77. The molecule has 3 heteroatoms. The summed E-state index contributed by atoms with van der Waals surface area (Å²) in [6.45, 7) is 12.5. The van der Waals surface area contributed by atoms with Gasteiger partial charge in [-0.15, -0.1) is 11.6 Å². The summed E-state index contributed by atoms with van der Waals surface area (Å²) in [6, 6.07) is 0. The lowest BCUT2D eigenvalue weighted by atomic mass is 9.94. The average molecular weight is 321 g/mol. The van der Waals surface area contributed by atoms with Gasteiger partial charge in [0.15, 0.2) is 5.79 Å². The van der Waals surface area contributed by atoms with Crippen LogP contribution in [0.15, 0.2) is 0 Å². The third-order valence-corrected chi connectivity index (χ3v) is 4.15. The minimum atomic E-state index is -0.576. The highest BCUT2D eigenvalue weighted by Gasteiger charge is 2.37. The highest BCUT2D eigenvalue weighted by Crippen LogP contribution is 2.32. The SMILES string of the molecule is CCCCCCCCC(CCl)C(C)(OC(C)C)OC(C)C. The van der Waals surface area contributed by atoms with Crippen molar-refractivity contribution < 1.29 is 9.47 Å². The smallest absolute Gasteiger partial charge is 0.170 e. The number of alkyl halides is 1. The molecule has 0 aliphatic carbocycles. The van der Waals surface area contributed by atoms with Crippen LogP contribution in [-0.2, 0) is 9.47 Å². The van der Waals surface area contributed by atoms with Crippen molar-refractivity contribution in [2.24, 2.45) is 5.92 Å². The molecule has 0 rings (SSSR count). The monoisotopic (exact) mass is 320 g/mol. The van der Waals surface area contributed by atoms with Gasteiger partial charge < -0.3 is 9.47 Å². The Bertz CT molecular complexity index is 231. The number of halogens is 1. The lowest BCUT2D eigenvalue weighted by molar-refractivity contribution is -0.282. The van der Waals surface area contributed by atoms with Gasteiger partial charge in [-0.3, -0.25) is 0 Å². The number of unbranched alkanes of at least 4 members (excludes halogenated alkanes) is 5. The molecule has 1 atom stereocenters. The van der Waals surface area contributed by atoms with Crippen LogP contribution in [0.25, 0.3) is 0 Å². The lowest BCUT2D eigenvalue weighted by Crippen LogP contribution is -2.45. The third-order valence-electron chi connectivity index (χ3n) is 3.77. The second kappa shape index (κ2) is 11.7. The van der Waals surface area contributed by atoms with Gasteiger partial charge in [0.1, 0.15) is 0 Å². The van der Waals surface area contributed by atoms with Crippen molar-refractivity contribution in [2.45, 2.75) is 104 Å². The lowest BCUT2D eigenvalue weighted by Gasteiger charge is -2.39. The summed E-state index contributed by atoms with van der Waals surface area (Å²) in [5.41, 5.74) is 0. The van der Waals surface area contributed by atoms with Gasteiger partial charge in [-0.1, -0.05) is 45.4 Å². The average Bonchev–Trinajstić information content (AvgIpc) is 2.35. The Morgan fingerprint density at radius 3 is 1.76 bits per heavy atom. The molecule has 0 saturated carbocycles. The Morgan fingerprint density at radius 1 is 0.857 bits per heavy atom. The molecule has 0 aliphatic rings. The molecule has 0 spiro atoms. The van der Waals surface area contributed by atoms with Crippen LogP contribution in [0.1, 0.15) is 86.5 Å². The summed E-state index contributed by atoms with van der Waals surface area (Å²) in [5.74, 6) is 0.258. The summed E-state index contributed by atoms with van der Waals surface area (Å²) in [7, 11) is 0. The van der Waals surface area contributed by atoms with E-state index in [2.05, 4.69) is 41.5 Å². The van der Waals surface area contributed by atoms with E-state index in [0.717, 1.165) is 6.42 Å². The molecule has 0 heterocycles. The number of hydrogen-bond acceptors (Lipinski definition) is 2. The largest absolute Gasteiger partial charge is 0.347 e. The summed E-state index contributed by atoms with van der Waals surface area (Å²) in [6.07, 6.45) is 9.18. The maximum absolute atomic E-state index is 6.22. The molecule has 0 bridgehead atoms. The van der Waals surface area contributed by atoms with Gasteiger partial charge in [0.25, 0.3) is 0 Å². The molecule has 2 nitrogen and oxygen atoms in total. The summed E-state index contributed by atoms with van der Waals surface area (Å²) in [4.78, 5) is 0. The predicted molar refractivity (Wildman–Crippen MR) is 93.1 cm³/mol. The normalized spacial score (nSPS) is 14.1. The van der Waals surface area contributed by atoms with E-state index in [4.69, 9.17) is 21.1 Å². The highest BCUT2D eigenvalue weighted by atomic mass is 35.5. The molecule has 0 aromatic rings. The first kappa shape index (κ1) is 21.2. The van der Waals surface area contributed by atoms with Crippen molar-refractivity contribution in [1.29, 1.82) is 0 Å². The topological polar surface area (TPSA) is 18.5 Å². The van der Waals surface area contributed by atoms with Crippen molar-refractivity contribution >= 4 is 11.6 Å². The molecular weight excluding hydrogens is 284 g/mol. The zero-order valence-electron chi connectivity index (χ0n) is 15.1. The second-order valence-electron chi connectivity index (χ2n) is 6.76. The fraction of sp³-hybridized carbons (Fsp3) is 1.00. The first-order valence-corrected chi connectivity index (χ1v) is 9.30. The van der Waals surface area contributed by atoms with Crippen LogP contribution in [-0.4, -0.2) is 23.9 Å². The quantitative estimate of drug-likeness (QED) is 0.230. The van der Waals surface area contributed by atoms with Crippen LogP contribution in [0.4, 0.5) is 0 Å². The molecule has 0 N–H and O–H groups in total. The van der Waals surface area contributed by atoms with E-state index in [1.54, 1.807) is 0 Å². The van der Waals surface area contributed by atoms with Gasteiger partial charge in [0.2, 0.25) is 0 Å². The summed E-state index contributed by atoms with van der Waals surface area (Å²) >= 11 is 6.22. The molecule has 1 unspecified atom stereocenters. The Labute approximate surface area is 137 Å². The second-order valence-corrected chi connectivity index (χ2v) is 7.07. The van der Waals surface area contributed by atoms with Gasteiger partial charge in [-0.2, -0.15) is 0 Å². The van der Waals surface area contributed by atoms with Crippen LogP contribution >= 0.6 is 11.6 Å². The molecule has 0 fully saturated rings. The third kappa shape index (κ3) is 9.76. The predicted octanol–water partition coefficient (Wildman–Crippen LogP) is 6.16. The van der Waals surface area contributed by atoms with E-state index in [-0.39, 0.29) is 18.1 Å². The van der Waals surface area contributed by atoms with Crippen molar-refractivity contribution in [1.82, 2.24) is 0 Å². The van der Waals surface area contributed by atoms with Gasteiger partial charge >= 0.3 is 0 Å². The molecule has 0 aliphatic heterocycles. The molecule has 21 heavy (non-hydrogen) atoms. The summed E-state index contributed by atoms with van der Waals surface area (Å²) < 4.78 is 12.2. The molecule has 0 amide bonds. The van der Waals surface area contributed by atoms with E-state index in [9.17, 15) is 0 Å². The Hall–Kier alpha value is 0.210. The van der Waals surface area contributed by atoms with Gasteiger partial charge in [-0.05, 0) is 41.0 Å². The number of rotatable bonds is 13. The first-order chi connectivity index (χ1) is 9.85. The van der Waals surface area contributed by atoms with Crippen LogP contribution in [0.5, 0.6) is 0 Å². The maximum Gasteiger partial charge on any atom is 0.170 e. The number of hydrogen-bond donors (Lipinski definition) is 0. The number of ether oxygens (including phenoxy) is 2.